The summed E-state index contributed by atoms with van der Waals surface area (Å²) < 4.78 is 5.45. The lowest BCUT2D eigenvalue weighted by atomic mass is 9.97. The molecule has 3 nitrogen and oxygen atoms in total. The van der Waals surface area contributed by atoms with Crippen LogP contribution in [0, 0.1) is 5.92 Å². The molecule has 0 heterocycles. The van der Waals surface area contributed by atoms with Gasteiger partial charge in [-0.2, -0.15) is 0 Å². The molecule has 3 heteroatoms. The molecule has 0 saturated heterocycles. The molecule has 0 radical (unpaired) electrons. The lowest BCUT2D eigenvalue weighted by Gasteiger charge is -2.22. The third-order valence-corrected chi connectivity index (χ3v) is 3.35. The van der Waals surface area contributed by atoms with Crippen LogP contribution in [0.3, 0.4) is 0 Å². The van der Waals surface area contributed by atoms with E-state index in [9.17, 15) is 4.79 Å². The van der Waals surface area contributed by atoms with Gasteiger partial charge in [0.15, 0.2) is 0 Å². The Balaban J connectivity index is 2.10. The second kappa shape index (κ2) is 7.66. The van der Waals surface area contributed by atoms with Crippen LogP contribution in [0.4, 0.5) is 0 Å². The molecule has 0 spiro atoms. The van der Waals surface area contributed by atoms with E-state index in [1.807, 2.05) is 0 Å². The van der Waals surface area contributed by atoms with Crippen molar-refractivity contribution in [2.45, 2.75) is 64.4 Å². The molecule has 1 aliphatic carbocycles. The predicted octanol–water partition coefficient (Wildman–Crippen LogP) is 2.63. The van der Waals surface area contributed by atoms with Crippen LogP contribution in [0.1, 0.15) is 58.3 Å². The quantitative estimate of drug-likeness (QED) is 0.710. The Labute approximate surface area is 98.7 Å². The number of carbonyl (C=O) groups excluding carboxylic acids is 1. The maximum atomic E-state index is 11.6. The Kier molecular flexibility index (Phi) is 6.46. The molecular formula is C13H25NO2. The lowest BCUT2D eigenvalue weighted by Crippen LogP contribution is -2.21. The molecule has 1 saturated carbocycles. The number of esters is 1. The molecule has 0 aliphatic heterocycles. The Morgan fingerprint density at radius 3 is 2.62 bits per heavy atom. The van der Waals surface area contributed by atoms with E-state index < -0.39 is 0 Å². The van der Waals surface area contributed by atoms with E-state index in [4.69, 9.17) is 10.5 Å². The van der Waals surface area contributed by atoms with Crippen LogP contribution in [0.15, 0.2) is 0 Å². The summed E-state index contributed by atoms with van der Waals surface area (Å²) in [5, 5.41) is 0. The van der Waals surface area contributed by atoms with Gasteiger partial charge in [-0.3, -0.25) is 4.79 Å². The van der Waals surface area contributed by atoms with Gasteiger partial charge in [0.05, 0.1) is 0 Å². The number of carbonyl (C=O) groups is 1. The van der Waals surface area contributed by atoms with Gasteiger partial charge in [0.2, 0.25) is 0 Å². The zero-order chi connectivity index (χ0) is 11.8. The molecule has 0 aromatic heterocycles. The van der Waals surface area contributed by atoms with Crippen LogP contribution < -0.4 is 5.73 Å². The summed E-state index contributed by atoms with van der Waals surface area (Å²) in [6, 6.07) is 0. The van der Waals surface area contributed by atoms with Gasteiger partial charge in [0, 0.05) is 6.42 Å². The summed E-state index contributed by atoms with van der Waals surface area (Å²) in [5.41, 5.74) is 5.47. The average molecular weight is 227 g/mol. The normalized spacial score (nSPS) is 19.4. The fourth-order valence-corrected chi connectivity index (χ4v) is 2.22. The van der Waals surface area contributed by atoms with E-state index in [0.29, 0.717) is 18.9 Å². The third-order valence-electron chi connectivity index (χ3n) is 3.35. The number of nitrogens with two attached hydrogens (primary N) is 1. The fourth-order valence-electron chi connectivity index (χ4n) is 2.22. The molecule has 0 bridgehead atoms. The van der Waals surface area contributed by atoms with Gasteiger partial charge in [-0.05, 0) is 51.0 Å². The molecule has 1 rings (SSSR count). The van der Waals surface area contributed by atoms with E-state index in [1.165, 1.54) is 19.3 Å². The van der Waals surface area contributed by atoms with Crippen LogP contribution in [-0.4, -0.2) is 18.6 Å². The van der Waals surface area contributed by atoms with Crippen molar-refractivity contribution >= 4 is 5.97 Å². The van der Waals surface area contributed by atoms with E-state index in [2.05, 4.69) is 6.92 Å². The zero-order valence-electron chi connectivity index (χ0n) is 10.4. The van der Waals surface area contributed by atoms with Crippen molar-refractivity contribution in [2.24, 2.45) is 11.7 Å². The minimum Gasteiger partial charge on any atom is -0.462 e. The van der Waals surface area contributed by atoms with Gasteiger partial charge in [-0.1, -0.05) is 13.3 Å². The minimum absolute atomic E-state index is 0.0178. The van der Waals surface area contributed by atoms with Crippen molar-refractivity contribution in [2.75, 3.05) is 6.54 Å². The van der Waals surface area contributed by atoms with E-state index in [1.54, 1.807) is 0 Å². The van der Waals surface area contributed by atoms with Crippen LogP contribution in [-0.2, 0) is 9.53 Å². The highest BCUT2D eigenvalue weighted by Gasteiger charge is 2.17. The maximum absolute atomic E-state index is 11.6. The highest BCUT2D eigenvalue weighted by atomic mass is 16.5. The van der Waals surface area contributed by atoms with Crippen molar-refractivity contribution in [1.29, 1.82) is 0 Å². The first-order chi connectivity index (χ1) is 7.72. The van der Waals surface area contributed by atoms with E-state index in [0.717, 1.165) is 25.7 Å². The maximum Gasteiger partial charge on any atom is 0.306 e. The molecule has 94 valence electrons. The van der Waals surface area contributed by atoms with Gasteiger partial charge >= 0.3 is 5.97 Å². The Hall–Kier alpha value is -0.570. The smallest absolute Gasteiger partial charge is 0.306 e. The van der Waals surface area contributed by atoms with Crippen molar-refractivity contribution in [1.82, 2.24) is 0 Å². The SMILES string of the molecule is CC(CCN)CCC(=O)OC1CCCCC1. The second-order valence-corrected chi connectivity index (χ2v) is 4.97. The van der Waals surface area contributed by atoms with E-state index >= 15 is 0 Å². The van der Waals surface area contributed by atoms with Crippen molar-refractivity contribution in [3.63, 3.8) is 0 Å². The second-order valence-electron chi connectivity index (χ2n) is 4.97. The van der Waals surface area contributed by atoms with Crippen molar-refractivity contribution in [3.8, 4) is 0 Å². The summed E-state index contributed by atoms with van der Waals surface area (Å²) in [5.74, 6) is 0.514. The van der Waals surface area contributed by atoms with Gasteiger partial charge in [-0.15, -0.1) is 0 Å². The van der Waals surface area contributed by atoms with Crippen LogP contribution in [0.25, 0.3) is 0 Å². The number of hydrogen-bond donors (Lipinski definition) is 1. The molecule has 0 aromatic carbocycles. The Bertz CT molecular complexity index is 200. The highest BCUT2D eigenvalue weighted by Crippen LogP contribution is 2.21. The molecule has 1 aliphatic rings. The van der Waals surface area contributed by atoms with Gasteiger partial charge in [0.1, 0.15) is 6.10 Å². The zero-order valence-corrected chi connectivity index (χ0v) is 10.4. The monoisotopic (exact) mass is 227 g/mol. The van der Waals surface area contributed by atoms with Gasteiger partial charge in [0.25, 0.3) is 0 Å². The molecule has 0 aromatic rings. The molecule has 16 heavy (non-hydrogen) atoms. The average Bonchev–Trinajstić information content (AvgIpc) is 2.28. The first kappa shape index (κ1) is 13.5. The number of ether oxygens (including phenoxy) is 1. The van der Waals surface area contributed by atoms with Crippen LogP contribution in [0.2, 0.25) is 0 Å². The number of rotatable bonds is 6. The summed E-state index contributed by atoms with van der Waals surface area (Å²) in [6.07, 6.45) is 8.49. The van der Waals surface area contributed by atoms with Gasteiger partial charge in [-0.25, -0.2) is 0 Å². The molecule has 1 atom stereocenters. The summed E-state index contributed by atoms with van der Waals surface area (Å²) >= 11 is 0. The van der Waals surface area contributed by atoms with Crippen molar-refractivity contribution in [3.05, 3.63) is 0 Å². The molecule has 1 fully saturated rings. The third kappa shape index (κ3) is 5.50. The topological polar surface area (TPSA) is 52.3 Å². The molecule has 1 unspecified atom stereocenters. The molecule has 2 N–H and O–H groups in total. The van der Waals surface area contributed by atoms with Crippen LogP contribution >= 0.6 is 0 Å². The molecular weight excluding hydrogens is 202 g/mol. The first-order valence-corrected chi connectivity index (χ1v) is 6.62. The van der Waals surface area contributed by atoms with Crippen molar-refractivity contribution < 1.29 is 9.53 Å². The van der Waals surface area contributed by atoms with E-state index in [-0.39, 0.29) is 12.1 Å². The van der Waals surface area contributed by atoms with Crippen LogP contribution in [0.5, 0.6) is 0 Å². The summed E-state index contributed by atoms with van der Waals surface area (Å²) in [7, 11) is 0. The minimum atomic E-state index is -0.0178. The standard InChI is InChI=1S/C13H25NO2/c1-11(9-10-14)7-8-13(15)16-12-5-3-2-4-6-12/h11-12H,2-10,14H2,1H3. The Morgan fingerprint density at radius 1 is 1.31 bits per heavy atom. The largest absolute Gasteiger partial charge is 0.462 e. The fraction of sp³-hybridized carbons (Fsp3) is 0.923. The molecule has 0 amide bonds. The summed E-state index contributed by atoms with van der Waals surface area (Å²) in [6.45, 7) is 2.85. The number of hydrogen-bond acceptors (Lipinski definition) is 3. The lowest BCUT2D eigenvalue weighted by molar-refractivity contribution is -0.150. The summed E-state index contributed by atoms with van der Waals surface area (Å²) in [4.78, 5) is 11.6. The van der Waals surface area contributed by atoms with Gasteiger partial charge < -0.3 is 10.5 Å². The predicted molar refractivity (Wildman–Crippen MR) is 65.0 cm³/mol. The highest BCUT2D eigenvalue weighted by molar-refractivity contribution is 5.69. The Morgan fingerprint density at radius 2 is 2.00 bits per heavy atom. The first-order valence-electron chi connectivity index (χ1n) is 6.62.